The molecule has 3 aromatic rings. The van der Waals surface area contributed by atoms with Crippen LogP contribution in [0.1, 0.15) is 22.7 Å². The van der Waals surface area contributed by atoms with Crippen molar-refractivity contribution in [3.8, 4) is 5.75 Å². The van der Waals surface area contributed by atoms with Crippen LogP contribution < -0.4 is 15.4 Å². The lowest BCUT2D eigenvalue weighted by Gasteiger charge is -2.29. The standard InChI is InChI=1S/C23H21F3N2O/c1-29-17-12-10-16(11-13-17)27-22(18-7-3-4-8-19(18)23(24,25)26)21-14-15-6-2-5-9-20(15)28-21/h2-13,21-22,27-28H,14H2,1H3/t21-,22+/m0/s1. The molecule has 1 heterocycles. The molecule has 0 radical (unpaired) electrons. The van der Waals surface area contributed by atoms with Crippen LogP contribution in [0.15, 0.2) is 72.8 Å². The van der Waals surface area contributed by atoms with Crippen LogP contribution in [0, 0.1) is 0 Å². The molecular formula is C23H21F3N2O. The van der Waals surface area contributed by atoms with Crippen molar-refractivity contribution in [1.82, 2.24) is 0 Å². The van der Waals surface area contributed by atoms with Crippen molar-refractivity contribution in [3.63, 3.8) is 0 Å². The SMILES string of the molecule is COc1ccc(N[C@H](c2ccccc2C(F)(F)F)[C@@H]2Cc3ccccc3N2)cc1. The van der Waals surface area contributed by atoms with Crippen molar-refractivity contribution in [3.05, 3.63) is 89.5 Å². The Kier molecular flexibility index (Phi) is 5.09. The maximum Gasteiger partial charge on any atom is 0.416 e. The van der Waals surface area contributed by atoms with Crippen LogP contribution in [0.4, 0.5) is 24.5 Å². The van der Waals surface area contributed by atoms with Crippen LogP contribution in [-0.4, -0.2) is 13.2 Å². The van der Waals surface area contributed by atoms with Crippen molar-refractivity contribution in [2.24, 2.45) is 0 Å². The molecule has 0 saturated heterocycles. The van der Waals surface area contributed by atoms with Gasteiger partial charge in [-0.3, -0.25) is 0 Å². The fraction of sp³-hybridized carbons (Fsp3) is 0.217. The molecule has 0 bridgehead atoms. The van der Waals surface area contributed by atoms with Crippen LogP contribution in [0.3, 0.4) is 0 Å². The third-order valence-electron chi connectivity index (χ3n) is 5.21. The highest BCUT2D eigenvalue weighted by Crippen LogP contribution is 2.40. The van der Waals surface area contributed by atoms with Gasteiger partial charge in [-0.05, 0) is 53.9 Å². The van der Waals surface area contributed by atoms with Gasteiger partial charge in [0.2, 0.25) is 0 Å². The van der Waals surface area contributed by atoms with E-state index in [2.05, 4.69) is 10.6 Å². The molecular weight excluding hydrogens is 377 g/mol. The van der Waals surface area contributed by atoms with E-state index >= 15 is 0 Å². The number of benzene rings is 3. The molecule has 0 saturated carbocycles. The Hall–Kier alpha value is -3.15. The van der Waals surface area contributed by atoms with Gasteiger partial charge in [-0.15, -0.1) is 0 Å². The summed E-state index contributed by atoms with van der Waals surface area (Å²) in [6.07, 6.45) is -3.79. The monoisotopic (exact) mass is 398 g/mol. The van der Waals surface area contributed by atoms with E-state index in [1.54, 1.807) is 31.4 Å². The predicted molar refractivity (Wildman–Crippen MR) is 108 cm³/mol. The maximum atomic E-state index is 13.7. The van der Waals surface area contributed by atoms with Gasteiger partial charge < -0.3 is 15.4 Å². The van der Waals surface area contributed by atoms with Gasteiger partial charge in [0.1, 0.15) is 5.75 Å². The van der Waals surface area contributed by atoms with Gasteiger partial charge in [-0.25, -0.2) is 0 Å². The zero-order valence-corrected chi connectivity index (χ0v) is 15.8. The zero-order chi connectivity index (χ0) is 20.4. The van der Waals surface area contributed by atoms with Crippen molar-refractivity contribution >= 4 is 11.4 Å². The van der Waals surface area contributed by atoms with Crippen LogP contribution in [0.2, 0.25) is 0 Å². The number of alkyl halides is 3. The summed E-state index contributed by atoms with van der Waals surface area (Å²) < 4.78 is 46.4. The molecule has 0 spiro atoms. The Balaban J connectivity index is 1.72. The molecule has 0 aromatic heterocycles. The number of anilines is 2. The van der Waals surface area contributed by atoms with Crippen molar-refractivity contribution in [2.75, 3.05) is 17.7 Å². The second kappa shape index (κ2) is 7.70. The average molecular weight is 398 g/mol. The summed E-state index contributed by atoms with van der Waals surface area (Å²) in [6, 6.07) is 20.0. The van der Waals surface area contributed by atoms with Gasteiger partial charge in [-0.1, -0.05) is 36.4 Å². The van der Waals surface area contributed by atoms with Crippen LogP contribution in [0.25, 0.3) is 0 Å². The fourth-order valence-electron chi connectivity index (χ4n) is 3.82. The summed E-state index contributed by atoms with van der Waals surface area (Å²) in [4.78, 5) is 0. The van der Waals surface area contributed by atoms with Crippen molar-refractivity contribution in [2.45, 2.75) is 24.7 Å². The highest BCUT2D eigenvalue weighted by Gasteiger charge is 2.38. The van der Waals surface area contributed by atoms with Crippen LogP contribution in [0.5, 0.6) is 5.75 Å². The summed E-state index contributed by atoms with van der Waals surface area (Å²) in [5, 5.41) is 6.72. The minimum absolute atomic E-state index is 0.223. The molecule has 0 unspecified atom stereocenters. The summed E-state index contributed by atoms with van der Waals surface area (Å²) in [7, 11) is 1.57. The lowest BCUT2D eigenvalue weighted by molar-refractivity contribution is -0.138. The van der Waals surface area contributed by atoms with Crippen LogP contribution in [-0.2, 0) is 12.6 Å². The van der Waals surface area contributed by atoms with Crippen molar-refractivity contribution < 1.29 is 17.9 Å². The molecule has 0 aliphatic carbocycles. The molecule has 150 valence electrons. The number of ether oxygens (including phenoxy) is 1. The minimum Gasteiger partial charge on any atom is -0.497 e. The molecule has 0 amide bonds. The highest BCUT2D eigenvalue weighted by atomic mass is 19.4. The second-order valence-corrected chi connectivity index (χ2v) is 7.05. The number of hydrogen-bond acceptors (Lipinski definition) is 3. The molecule has 0 fully saturated rings. The van der Waals surface area contributed by atoms with E-state index in [4.69, 9.17) is 4.74 Å². The van der Waals surface area contributed by atoms with Gasteiger partial charge in [0, 0.05) is 11.4 Å². The van der Waals surface area contributed by atoms with E-state index in [1.165, 1.54) is 6.07 Å². The first-order valence-electron chi connectivity index (χ1n) is 9.37. The Morgan fingerprint density at radius 3 is 2.34 bits per heavy atom. The zero-order valence-electron chi connectivity index (χ0n) is 15.8. The van der Waals surface area contributed by atoms with E-state index in [-0.39, 0.29) is 11.6 Å². The van der Waals surface area contributed by atoms with E-state index < -0.39 is 17.8 Å². The summed E-state index contributed by atoms with van der Waals surface area (Å²) in [6.45, 7) is 0. The first-order chi connectivity index (χ1) is 14.0. The van der Waals surface area contributed by atoms with E-state index in [9.17, 15) is 13.2 Å². The molecule has 3 aromatic carbocycles. The normalized spacial score (nSPS) is 16.6. The minimum atomic E-state index is -4.43. The van der Waals surface area contributed by atoms with Gasteiger partial charge in [-0.2, -0.15) is 13.2 Å². The number of nitrogens with one attached hydrogen (secondary N) is 2. The number of halogens is 3. The number of hydrogen-bond donors (Lipinski definition) is 2. The smallest absolute Gasteiger partial charge is 0.416 e. The van der Waals surface area contributed by atoms with E-state index in [1.807, 2.05) is 36.4 Å². The van der Waals surface area contributed by atoms with Crippen molar-refractivity contribution in [1.29, 1.82) is 0 Å². The quantitative estimate of drug-likeness (QED) is 0.561. The third-order valence-corrected chi connectivity index (χ3v) is 5.21. The molecule has 1 aliphatic rings. The third kappa shape index (κ3) is 4.01. The average Bonchev–Trinajstić information content (AvgIpc) is 3.16. The number of fused-ring (bicyclic) bond motifs is 1. The maximum absolute atomic E-state index is 13.7. The second-order valence-electron chi connectivity index (χ2n) is 7.05. The Bertz CT molecular complexity index is 961. The largest absolute Gasteiger partial charge is 0.497 e. The molecule has 6 heteroatoms. The van der Waals surface area contributed by atoms with Crippen LogP contribution >= 0.6 is 0 Å². The Morgan fingerprint density at radius 1 is 0.966 bits per heavy atom. The summed E-state index contributed by atoms with van der Waals surface area (Å²) >= 11 is 0. The molecule has 2 atom stereocenters. The topological polar surface area (TPSA) is 33.3 Å². The lowest BCUT2D eigenvalue weighted by Crippen LogP contribution is -2.32. The first-order valence-corrected chi connectivity index (χ1v) is 9.37. The Labute approximate surface area is 167 Å². The summed E-state index contributed by atoms with van der Waals surface area (Å²) in [5.41, 5.74) is 2.39. The summed E-state index contributed by atoms with van der Waals surface area (Å²) in [5.74, 6) is 0.689. The van der Waals surface area contributed by atoms with E-state index in [0.29, 0.717) is 12.2 Å². The fourth-order valence-corrected chi connectivity index (χ4v) is 3.82. The highest BCUT2D eigenvalue weighted by molar-refractivity contribution is 5.59. The molecule has 1 aliphatic heterocycles. The van der Waals surface area contributed by atoms with Gasteiger partial charge in [0.25, 0.3) is 0 Å². The van der Waals surface area contributed by atoms with Gasteiger partial charge >= 0.3 is 6.18 Å². The number of para-hydroxylation sites is 1. The van der Waals surface area contributed by atoms with Gasteiger partial charge in [0.05, 0.1) is 24.8 Å². The number of rotatable bonds is 5. The molecule has 4 rings (SSSR count). The predicted octanol–water partition coefficient (Wildman–Crippen LogP) is 5.90. The first kappa shape index (κ1) is 19.2. The van der Waals surface area contributed by atoms with E-state index in [0.717, 1.165) is 23.0 Å². The molecule has 29 heavy (non-hydrogen) atoms. The Morgan fingerprint density at radius 2 is 1.66 bits per heavy atom. The number of methoxy groups -OCH3 is 1. The van der Waals surface area contributed by atoms with Gasteiger partial charge in [0.15, 0.2) is 0 Å². The molecule has 2 N–H and O–H groups in total. The molecule has 3 nitrogen and oxygen atoms in total. The lowest BCUT2D eigenvalue weighted by atomic mass is 9.92.